The second kappa shape index (κ2) is 27.4. The van der Waals surface area contributed by atoms with E-state index in [0.29, 0.717) is 42.2 Å². The Hall–Kier alpha value is -6.91. The zero-order valence-corrected chi connectivity index (χ0v) is 48.8. The van der Waals surface area contributed by atoms with Gasteiger partial charge in [0.2, 0.25) is 5.95 Å². The zero-order valence-electron chi connectivity index (χ0n) is 47.2. The summed E-state index contributed by atoms with van der Waals surface area (Å²) in [6.45, 7) is 9.53. The fraction of sp³-hybridized carbons (Fsp3) is 0.482. The molecule has 2 aromatic heterocycles. The Kier molecular flexibility index (Phi) is 21.0. The molecule has 2 fully saturated rings. The number of imidazole rings is 2. The second-order valence-electron chi connectivity index (χ2n) is 22.2. The molecule has 3 amide bonds. The van der Waals surface area contributed by atoms with E-state index < -0.39 is 86.9 Å². The molecule has 0 spiro atoms. The smallest absolute Gasteiger partial charge is 0.413 e. The van der Waals surface area contributed by atoms with Gasteiger partial charge in [-0.2, -0.15) is 0 Å². The summed E-state index contributed by atoms with van der Waals surface area (Å²) in [6.07, 6.45) is 1.35. The number of aromatic amines is 2. The maximum Gasteiger partial charge on any atom is 0.413 e. The first-order valence-corrected chi connectivity index (χ1v) is 30.0. The van der Waals surface area contributed by atoms with Gasteiger partial charge in [-0.3, -0.25) is 15.0 Å². The number of ether oxygens (including phenoxy) is 3. The molecule has 2 aliphatic carbocycles. The number of H-pyrrole nitrogens is 2. The number of aromatic nitrogens is 4. The van der Waals surface area contributed by atoms with Crippen molar-refractivity contribution in [3.8, 4) is 0 Å². The Bertz CT molecular complexity index is 3310. The Morgan fingerprint density at radius 1 is 0.622 bits per heavy atom. The number of aliphatic hydroxyl groups excluding tert-OH is 2. The van der Waals surface area contributed by atoms with E-state index in [1.807, 2.05) is 60.7 Å². The van der Waals surface area contributed by atoms with Crippen LogP contribution < -0.4 is 21.7 Å². The molecule has 2 unspecified atom stereocenters. The third-order valence-corrected chi connectivity index (χ3v) is 16.4. The van der Waals surface area contributed by atoms with Gasteiger partial charge in [-0.05, 0) is 128 Å². The summed E-state index contributed by atoms with van der Waals surface area (Å²) in [5, 5.41) is 30.6. The molecule has 82 heavy (non-hydrogen) atoms. The van der Waals surface area contributed by atoms with Crippen LogP contribution in [0.5, 0.6) is 0 Å². The summed E-state index contributed by atoms with van der Waals surface area (Å²) in [4.78, 5) is 62.9. The fourth-order valence-corrected chi connectivity index (χ4v) is 11.9. The highest BCUT2D eigenvalue weighted by Crippen LogP contribution is 2.30. The molecule has 4 aromatic carbocycles. The number of hydrogen-bond acceptors (Lipinski definition) is 17. The van der Waals surface area contributed by atoms with Gasteiger partial charge in [-0.1, -0.05) is 95.3 Å². The van der Waals surface area contributed by atoms with Crippen LogP contribution >= 0.6 is 0 Å². The normalized spacial score (nSPS) is 16.1. The van der Waals surface area contributed by atoms with Gasteiger partial charge in [-0.25, -0.2) is 41.2 Å². The minimum Gasteiger partial charge on any atom is -0.453 e. The van der Waals surface area contributed by atoms with Crippen LogP contribution in [0, 0.1) is 0 Å². The summed E-state index contributed by atoms with van der Waals surface area (Å²) >= 11 is 0. The highest BCUT2D eigenvalue weighted by molar-refractivity contribution is 7.89. The second-order valence-corrected chi connectivity index (χ2v) is 25.9. The van der Waals surface area contributed by atoms with Crippen LogP contribution in [0.3, 0.4) is 0 Å². The van der Waals surface area contributed by atoms with Crippen molar-refractivity contribution in [2.24, 2.45) is 0 Å². The van der Waals surface area contributed by atoms with Crippen molar-refractivity contribution in [3.63, 3.8) is 0 Å². The third kappa shape index (κ3) is 18.0. The molecule has 6 aromatic rings. The van der Waals surface area contributed by atoms with E-state index in [4.69, 9.17) is 24.9 Å². The van der Waals surface area contributed by atoms with Gasteiger partial charge in [0.05, 0.1) is 88.6 Å². The van der Waals surface area contributed by atoms with Crippen LogP contribution in [-0.4, -0.2) is 142 Å². The number of fused-ring (bicyclic) bond motifs is 2. The van der Waals surface area contributed by atoms with Crippen molar-refractivity contribution >= 4 is 72.3 Å². The Morgan fingerprint density at radius 2 is 1.02 bits per heavy atom. The molecule has 2 saturated carbocycles. The number of amides is 3. The average Bonchev–Trinajstić information content (AvgIpc) is 4.26. The summed E-state index contributed by atoms with van der Waals surface area (Å²) in [5.41, 5.74) is 7.64. The van der Waals surface area contributed by atoms with E-state index in [1.165, 1.54) is 37.4 Å². The summed E-state index contributed by atoms with van der Waals surface area (Å²) in [7, 11) is -7.32. The molecule has 0 radical (unpaired) electrons. The van der Waals surface area contributed by atoms with Crippen molar-refractivity contribution in [1.29, 1.82) is 0 Å². The number of alkyl carbamates (subject to hydrolysis) is 2. The van der Waals surface area contributed by atoms with Crippen LogP contribution in [0.4, 0.5) is 26.3 Å². The molecule has 8 rings (SSSR count). The van der Waals surface area contributed by atoms with Gasteiger partial charge in [0.25, 0.3) is 20.0 Å². The SMILES string of the molecule is CC(C)(C)OC(=O)N[C@@H](Cc1ccccc1)[C@H](O)CN(OC1CCCC1)S(=O)(=O)c1ccc2[nH]c(N)nc2c1.COC(=O)Nc1nc2cc(S(=O)(=O)N(CC(O)C(Cc3ccccc3)NC(=O)OC(C)(C)C)OC3CCCC3)ccc2[nH]1. The number of rotatable bonds is 21. The third-order valence-electron chi connectivity index (χ3n) is 13.2. The van der Waals surface area contributed by atoms with E-state index in [0.717, 1.165) is 45.7 Å². The molecular weight excluding hydrogens is 1100 g/mol. The fourth-order valence-electron chi connectivity index (χ4n) is 9.25. The number of hydroxylamine groups is 2. The van der Waals surface area contributed by atoms with Gasteiger partial charge >= 0.3 is 18.3 Å². The Morgan fingerprint density at radius 3 is 1.43 bits per heavy atom. The monoisotopic (exact) mass is 1180 g/mol. The van der Waals surface area contributed by atoms with Crippen molar-refractivity contribution in [2.75, 3.05) is 31.2 Å². The van der Waals surface area contributed by atoms with Crippen molar-refractivity contribution in [1.82, 2.24) is 39.5 Å². The van der Waals surface area contributed by atoms with Gasteiger partial charge in [0.1, 0.15) is 11.2 Å². The highest BCUT2D eigenvalue weighted by atomic mass is 32.2. The predicted octanol–water partition coefficient (Wildman–Crippen LogP) is 7.61. The van der Waals surface area contributed by atoms with Crippen LogP contribution in [0.1, 0.15) is 104 Å². The lowest BCUT2D eigenvalue weighted by Gasteiger charge is -2.31. The molecule has 2 heterocycles. The number of carbonyl (C=O) groups is 3. The summed E-state index contributed by atoms with van der Waals surface area (Å²) < 4.78 is 72.6. The lowest BCUT2D eigenvalue weighted by atomic mass is 10.0. The number of anilines is 2. The quantitative estimate of drug-likeness (QED) is 0.0254. The van der Waals surface area contributed by atoms with E-state index in [2.05, 4.69) is 40.6 Å². The number of hydrogen-bond donors (Lipinski definition) is 8. The first-order chi connectivity index (χ1) is 38.7. The molecule has 0 aliphatic heterocycles. The molecule has 26 heteroatoms. The van der Waals surface area contributed by atoms with Gasteiger partial charge in [0.15, 0.2) is 5.95 Å². The van der Waals surface area contributed by atoms with Gasteiger partial charge in [-0.15, -0.1) is 0 Å². The first kappa shape index (κ1) is 62.7. The molecule has 2 aliphatic rings. The van der Waals surface area contributed by atoms with Crippen LogP contribution in [0.15, 0.2) is 107 Å². The summed E-state index contributed by atoms with van der Waals surface area (Å²) in [5.74, 6) is 0.258. The molecule has 446 valence electrons. The van der Waals surface area contributed by atoms with Crippen molar-refractivity contribution < 1.29 is 65.3 Å². The number of benzene rings is 4. The number of nitrogens with one attached hydrogen (secondary N) is 5. The predicted molar refractivity (Wildman–Crippen MR) is 306 cm³/mol. The van der Waals surface area contributed by atoms with Gasteiger partial charge in [0, 0.05) is 0 Å². The lowest BCUT2D eigenvalue weighted by molar-refractivity contribution is -0.145. The molecule has 24 nitrogen and oxygen atoms in total. The minimum atomic E-state index is -4.32. The van der Waals surface area contributed by atoms with E-state index in [-0.39, 0.29) is 52.3 Å². The van der Waals surface area contributed by atoms with Crippen LogP contribution in [0.2, 0.25) is 0 Å². The number of nitrogen functional groups attached to an aromatic ring is 1. The largest absolute Gasteiger partial charge is 0.453 e. The number of methoxy groups -OCH3 is 1. The number of nitrogens with two attached hydrogens (primary N) is 1. The lowest BCUT2D eigenvalue weighted by Crippen LogP contribution is -2.51. The van der Waals surface area contributed by atoms with E-state index >= 15 is 0 Å². The Labute approximate surface area is 477 Å². The average molecular weight is 1180 g/mol. The topological polar surface area (TPSA) is 332 Å². The van der Waals surface area contributed by atoms with Crippen molar-refractivity contribution in [3.05, 3.63) is 108 Å². The van der Waals surface area contributed by atoms with Crippen molar-refractivity contribution in [2.45, 2.75) is 163 Å². The molecule has 9 N–H and O–H groups in total. The highest BCUT2D eigenvalue weighted by Gasteiger charge is 2.37. The number of carbonyl (C=O) groups excluding carboxylic acids is 3. The van der Waals surface area contributed by atoms with Crippen LogP contribution in [-0.2, 0) is 56.8 Å². The van der Waals surface area contributed by atoms with Gasteiger partial charge < -0.3 is 50.8 Å². The molecular formula is C56H76N10O14S2. The molecule has 4 atom stereocenters. The number of sulfonamides is 2. The maximum absolute atomic E-state index is 14.0. The van der Waals surface area contributed by atoms with E-state index in [9.17, 15) is 41.4 Å². The number of nitrogens with zero attached hydrogens (tertiary/aromatic N) is 4. The molecule has 0 saturated heterocycles. The van der Waals surface area contributed by atoms with Crippen LogP contribution in [0.25, 0.3) is 22.1 Å². The molecule has 0 bridgehead atoms. The maximum atomic E-state index is 14.0. The summed E-state index contributed by atoms with van der Waals surface area (Å²) in [6, 6.07) is 25.4. The minimum absolute atomic E-state index is 0.0496. The number of aliphatic hydroxyl groups is 2. The zero-order chi connectivity index (χ0) is 59.4. The first-order valence-electron chi connectivity index (χ1n) is 27.2. The van der Waals surface area contributed by atoms with E-state index in [1.54, 1.807) is 47.6 Å². The Balaban J connectivity index is 0.000000237. The standard InChI is InChI=1S/C29H39N5O8S.C27H37N5O6S/c1-29(2,3)41-28(37)32-24(16-19-10-6-5-7-11-19)25(35)18-34(42-20-12-8-9-13-20)43(38,39)21-14-15-22-23(17-21)31-26(30-22)33-27(36)40-4;1-27(2,3)37-26(34)31-23(15-18-9-5-4-6-10-18)24(33)17-32(38-19-11-7-8-12-19)39(35,36)20-13-14-21-22(16-20)30-25(28)29-21/h5-7,10-11,14-15,17,20,24-25,35H,8-9,12-13,16,18H2,1-4H3,(H,32,37)(H2,30,31,33,36);4-6,9-10,13-14,16,19,23-24,33H,7-8,11-12,15,17H2,1-3H3,(H,31,34)(H3,28,29,30)/t;23-,24+/m.0/s1.